The fourth-order valence-corrected chi connectivity index (χ4v) is 3.96. The van der Waals surface area contributed by atoms with Crippen LogP contribution < -0.4 is 9.64 Å². The minimum absolute atomic E-state index is 0.928. The Morgan fingerprint density at radius 3 is 2.40 bits per heavy atom. The number of anilines is 2. The van der Waals surface area contributed by atoms with E-state index in [0.717, 1.165) is 60.1 Å². The van der Waals surface area contributed by atoms with Gasteiger partial charge in [0.25, 0.3) is 0 Å². The summed E-state index contributed by atoms with van der Waals surface area (Å²) in [4.78, 5) is 7.49. The van der Waals surface area contributed by atoms with Crippen LogP contribution in [-0.2, 0) is 0 Å². The number of hydrogen-bond acceptors (Lipinski definition) is 4. The second-order valence-electron chi connectivity index (χ2n) is 6.61. The van der Waals surface area contributed by atoms with E-state index in [9.17, 15) is 0 Å². The predicted octanol–water partition coefficient (Wildman–Crippen LogP) is 4.33. The molecule has 0 unspecified atom stereocenters. The minimum atomic E-state index is 0.928. The van der Waals surface area contributed by atoms with Crippen LogP contribution in [0.3, 0.4) is 0 Å². The van der Waals surface area contributed by atoms with Crippen molar-refractivity contribution in [1.82, 2.24) is 9.80 Å². The highest BCUT2D eigenvalue weighted by molar-refractivity contribution is 9.10. The van der Waals surface area contributed by atoms with E-state index in [2.05, 4.69) is 55.8 Å². The Morgan fingerprint density at radius 1 is 0.880 bits per heavy atom. The van der Waals surface area contributed by atoms with E-state index in [1.807, 2.05) is 24.3 Å². The molecule has 0 aliphatic carbocycles. The van der Waals surface area contributed by atoms with Crippen LogP contribution in [0.4, 0.5) is 11.4 Å². The summed E-state index contributed by atoms with van der Waals surface area (Å²) in [5.41, 5.74) is 2.29. The maximum Gasteiger partial charge on any atom is 0.151 e. The molecular weight excluding hydrogens is 378 g/mol. The molecule has 1 fully saturated rings. The third-order valence-electron chi connectivity index (χ3n) is 5.14. The molecular formula is C20H24BrN3O. The van der Waals surface area contributed by atoms with Gasteiger partial charge in [-0.1, -0.05) is 35.0 Å². The number of benzene rings is 2. The normalized spacial score (nSPS) is 17.8. The number of para-hydroxylation sites is 2. The van der Waals surface area contributed by atoms with E-state index in [-0.39, 0.29) is 0 Å². The third kappa shape index (κ3) is 3.54. The van der Waals surface area contributed by atoms with Crippen LogP contribution in [0.15, 0.2) is 46.9 Å². The van der Waals surface area contributed by atoms with Crippen molar-refractivity contribution in [2.75, 3.05) is 50.7 Å². The number of hydrogen-bond donors (Lipinski definition) is 0. The lowest BCUT2D eigenvalue weighted by molar-refractivity contribution is 0.140. The molecule has 2 heterocycles. The molecule has 0 bridgehead atoms. The van der Waals surface area contributed by atoms with Crippen LogP contribution in [0, 0.1) is 0 Å². The topological polar surface area (TPSA) is 19.0 Å². The molecule has 25 heavy (non-hydrogen) atoms. The molecule has 0 radical (unpaired) electrons. The van der Waals surface area contributed by atoms with Gasteiger partial charge in [-0.3, -0.25) is 4.90 Å². The fraction of sp³-hybridized carbons (Fsp3) is 0.400. The first kappa shape index (κ1) is 16.9. The minimum Gasteiger partial charge on any atom is -0.453 e. The first-order valence-corrected chi connectivity index (χ1v) is 9.82. The first-order valence-electron chi connectivity index (χ1n) is 9.03. The van der Waals surface area contributed by atoms with Gasteiger partial charge < -0.3 is 14.5 Å². The third-order valence-corrected chi connectivity index (χ3v) is 5.63. The summed E-state index contributed by atoms with van der Waals surface area (Å²) in [6, 6.07) is 14.5. The number of piperazine rings is 1. The largest absolute Gasteiger partial charge is 0.453 e. The lowest BCUT2D eigenvalue weighted by Gasteiger charge is -2.37. The van der Waals surface area contributed by atoms with Gasteiger partial charge in [-0.2, -0.15) is 0 Å². The van der Waals surface area contributed by atoms with E-state index in [1.165, 1.54) is 13.1 Å². The summed E-state index contributed by atoms with van der Waals surface area (Å²) >= 11 is 3.60. The summed E-state index contributed by atoms with van der Waals surface area (Å²) in [6.45, 7) is 10.1. The van der Waals surface area contributed by atoms with Crippen LogP contribution in [0.2, 0.25) is 0 Å². The van der Waals surface area contributed by atoms with Gasteiger partial charge in [-0.05, 0) is 36.9 Å². The molecule has 5 heteroatoms. The molecule has 0 saturated carbocycles. The Morgan fingerprint density at radius 2 is 1.60 bits per heavy atom. The van der Waals surface area contributed by atoms with Crippen LogP contribution in [0.25, 0.3) is 0 Å². The van der Waals surface area contributed by atoms with Gasteiger partial charge in [0, 0.05) is 43.7 Å². The maximum atomic E-state index is 6.10. The van der Waals surface area contributed by atoms with Gasteiger partial charge in [0.1, 0.15) is 0 Å². The fourth-order valence-electron chi connectivity index (χ4n) is 3.61. The number of halogens is 1. The molecule has 1 saturated heterocycles. The van der Waals surface area contributed by atoms with Crippen molar-refractivity contribution in [2.45, 2.75) is 6.92 Å². The second kappa shape index (κ2) is 7.36. The van der Waals surface area contributed by atoms with E-state index in [1.54, 1.807) is 0 Å². The van der Waals surface area contributed by atoms with E-state index >= 15 is 0 Å². The molecule has 0 amide bonds. The molecule has 4 rings (SSSR count). The second-order valence-corrected chi connectivity index (χ2v) is 7.53. The molecule has 0 spiro atoms. The first-order chi connectivity index (χ1) is 12.2. The van der Waals surface area contributed by atoms with E-state index in [4.69, 9.17) is 4.74 Å². The number of fused-ring (bicyclic) bond motifs is 2. The summed E-state index contributed by atoms with van der Waals surface area (Å²) in [5.74, 6) is 1.87. The molecule has 132 valence electrons. The number of likely N-dealkylation sites (N-methyl/N-ethyl adjacent to an activating group) is 1. The lowest BCUT2D eigenvalue weighted by Crippen LogP contribution is -2.48. The molecule has 4 nitrogen and oxygen atoms in total. The Kier molecular flexibility index (Phi) is 4.97. The highest BCUT2D eigenvalue weighted by Gasteiger charge is 2.25. The average molecular weight is 402 g/mol. The number of ether oxygens (including phenoxy) is 1. The lowest BCUT2D eigenvalue weighted by atomic mass is 10.1. The van der Waals surface area contributed by atoms with Gasteiger partial charge >= 0.3 is 0 Å². The molecule has 0 aromatic heterocycles. The summed E-state index contributed by atoms with van der Waals surface area (Å²) < 4.78 is 7.18. The Labute approximate surface area is 158 Å². The maximum absolute atomic E-state index is 6.10. The summed E-state index contributed by atoms with van der Waals surface area (Å²) in [6.07, 6.45) is 0. The van der Waals surface area contributed by atoms with Crippen molar-refractivity contribution < 1.29 is 4.74 Å². The van der Waals surface area contributed by atoms with E-state index in [0.29, 0.717) is 0 Å². The van der Waals surface area contributed by atoms with Crippen LogP contribution in [-0.4, -0.2) is 55.6 Å². The Hall–Kier alpha value is -1.56. The quantitative estimate of drug-likeness (QED) is 0.758. The highest BCUT2D eigenvalue weighted by Crippen LogP contribution is 2.47. The standard InChI is InChI=1S/C20H24BrN3O/c1-2-22-9-11-23(12-10-22)13-14-24-17-5-3-4-6-19(17)25-20-8-7-16(21)15-18(20)24/h3-8,15H,2,9-14H2,1H3. The predicted molar refractivity (Wildman–Crippen MR) is 106 cm³/mol. The molecule has 0 atom stereocenters. The molecule has 2 aliphatic rings. The highest BCUT2D eigenvalue weighted by atomic mass is 79.9. The zero-order valence-corrected chi connectivity index (χ0v) is 16.2. The Bertz CT molecular complexity index is 743. The van der Waals surface area contributed by atoms with Crippen molar-refractivity contribution in [3.63, 3.8) is 0 Å². The molecule has 2 aromatic rings. The number of rotatable bonds is 4. The molecule has 0 N–H and O–H groups in total. The average Bonchev–Trinajstić information content (AvgIpc) is 2.66. The number of nitrogens with zero attached hydrogens (tertiary/aromatic N) is 3. The van der Waals surface area contributed by atoms with Crippen molar-refractivity contribution in [3.05, 3.63) is 46.9 Å². The summed E-state index contributed by atoms with van der Waals surface area (Å²) in [7, 11) is 0. The van der Waals surface area contributed by atoms with Gasteiger partial charge in [0.15, 0.2) is 11.5 Å². The van der Waals surface area contributed by atoms with Crippen LogP contribution in [0.5, 0.6) is 11.5 Å². The SMILES string of the molecule is CCN1CCN(CCN2c3ccccc3Oc3ccc(Br)cc32)CC1. The monoisotopic (exact) mass is 401 g/mol. The van der Waals surface area contributed by atoms with Crippen molar-refractivity contribution >= 4 is 27.3 Å². The van der Waals surface area contributed by atoms with Crippen molar-refractivity contribution in [1.29, 1.82) is 0 Å². The smallest absolute Gasteiger partial charge is 0.151 e. The zero-order valence-electron chi connectivity index (χ0n) is 14.6. The van der Waals surface area contributed by atoms with Gasteiger partial charge in [0.2, 0.25) is 0 Å². The van der Waals surface area contributed by atoms with Gasteiger partial charge in [-0.15, -0.1) is 0 Å². The van der Waals surface area contributed by atoms with Gasteiger partial charge in [-0.25, -0.2) is 0 Å². The van der Waals surface area contributed by atoms with Crippen molar-refractivity contribution in [3.8, 4) is 11.5 Å². The zero-order chi connectivity index (χ0) is 17.2. The summed E-state index contributed by atoms with van der Waals surface area (Å²) in [5, 5.41) is 0. The molecule has 2 aromatic carbocycles. The van der Waals surface area contributed by atoms with Gasteiger partial charge in [0.05, 0.1) is 11.4 Å². The molecule has 2 aliphatic heterocycles. The van der Waals surface area contributed by atoms with Crippen molar-refractivity contribution in [2.24, 2.45) is 0 Å². The van der Waals surface area contributed by atoms with Crippen LogP contribution in [0.1, 0.15) is 6.92 Å². The van der Waals surface area contributed by atoms with E-state index < -0.39 is 0 Å². The van der Waals surface area contributed by atoms with Crippen LogP contribution >= 0.6 is 15.9 Å². The Balaban J connectivity index is 1.53.